The van der Waals surface area contributed by atoms with Crippen molar-refractivity contribution in [2.45, 2.75) is 40.7 Å². The number of hydrogen-bond acceptors (Lipinski definition) is 2. The number of hydrogen-bond donors (Lipinski definition) is 1. The van der Waals surface area contributed by atoms with Crippen LogP contribution in [0.5, 0.6) is 0 Å². The van der Waals surface area contributed by atoms with Crippen molar-refractivity contribution in [3.05, 3.63) is 29.3 Å². The molecule has 0 aromatic heterocycles. The van der Waals surface area contributed by atoms with Crippen molar-refractivity contribution in [3.63, 3.8) is 0 Å². The summed E-state index contributed by atoms with van der Waals surface area (Å²) in [5, 5.41) is 3.37. The Balaban J connectivity index is 2.72. The van der Waals surface area contributed by atoms with E-state index in [-0.39, 0.29) is 0 Å². The number of anilines is 1. The van der Waals surface area contributed by atoms with Crippen LogP contribution < -0.4 is 10.2 Å². The van der Waals surface area contributed by atoms with Crippen LogP contribution >= 0.6 is 0 Å². The molecule has 18 heavy (non-hydrogen) atoms. The molecule has 1 aromatic carbocycles. The lowest BCUT2D eigenvalue weighted by atomic mass is 10.1. The summed E-state index contributed by atoms with van der Waals surface area (Å²) in [7, 11) is 2.19. The van der Waals surface area contributed by atoms with Crippen LogP contribution in [0.15, 0.2) is 18.2 Å². The van der Waals surface area contributed by atoms with Crippen molar-refractivity contribution in [1.82, 2.24) is 5.32 Å². The van der Waals surface area contributed by atoms with E-state index >= 15 is 0 Å². The highest BCUT2D eigenvalue weighted by Crippen LogP contribution is 2.21. The van der Waals surface area contributed by atoms with Crippen molar-refractivity contribution < 1.29 is 0 Å². The van der Waals surface area contributed by atoms with Crippen LogP contribution in [0.3, 0.4) is 0 Å². The Labute approximate surface area is 112 Å². The van der Waals surface area contributed by atoms with Gasteiger partial charge in [0.2, 0.25) is 0 Å². The van der Waals surface area contributed by atoms with E-state index in [9.17, 15) is 0 Å². The van der Waals surface area contributed by atoms with Crippen LogP contribution in [0.4, 0.5) is 5.69 Å². The van der Waals surface area contributed by atoms with Gasteiger partial charge in [-0.1, -0.05) is 39.3 Å². The second kappa shape index (κ2) is 7.42. The molecular formula is C16H28N2. The van der Waals surface area contributed by atoms with Crippen LogP contribution in [0.2, 0.25) is 0 Å². The molecule has 1 N–H and O–H groups in total. The molecule has 2 heteroatoms. The molecule has 0 aliphatic rings. The molecule has 0 saturated heterocycles. The minimum absolute atomic E-state index is 0.746. The Morgan fingerprint density at radius 1 is 1.28 bits per heavy atom. The molecule has 0 spiro atoms. The number of benzene rings is 1. The van der Waals surface area contributed by atoms with Crippen LogP contribution in [-0.4, -0.2) is 20.1 Å². The second-order valence-electron chi connectivity index (χ2n) is 5.30. The summed E-state index contributed by atoms with van der Waals surface area (Å²) in [4.78, 5) is 2.38. The average Bonchev–Trinajstić information content (AvgIpc) is 2.36. The van der Waals surface area contributed by atoms with Gasteiger partial charge in [-0.3, -0.25) is 0 Å². The van der Waals surface area contributed by atoms with Gasteiger partial charge in [0.15, 0.2) is 0 Å². The first-order valence-electron chi connectivity index (χ1n) is 7.09. The van der Waals surface area contributed by atoms with E-state index in [0.29, 0.717) is 0 Å². The second-order valence-corrected chi connectivity index (χ2v) is 5.30. The van der Waals surface area contributed by atoms with Gasteiger partial charge in [-0.15, -0.1) is 0 Å². The monoisotopic (exact) mass is 248 g/mol. The molecule has 1 atom stereocenters. The number of aryl methyl sites for hydroxylation is 1. The molecule has 0 saturated carbocycles. The van der Waals surface area contributed by atoms with Gasteiger partial charge in [-0.2, -0.15) is 0 Å². The Morgan fingerprint density at radius 3 is 2.56 bits per heavy atom. The highest BCUT2D eigenvalue weighted by Gasteiger charge is 2.08. The van der Waals surface area contributed by atoms with Crippen molar-refractivity contribution in [2.75, 3.05) is 25.0 Å². The van der Waals surface area contributed by atoms with Gasteiger partial charge in [0.1, 0.15) is 0 Å². The van der Waals surface area contributed by atoms with Gasteiger partial charge in [-0.25, -0.2) is 0 Å². The maximum Gasteiger partial charge on any atom is 0.0393 e. The summed E-state index contributed by atoms with van der Waals surface area (Å²) in [6.45, 7) is 12.0. The van der Waals surface area contributed by atoms with E-state index in [1.54, 1.807) is 0 Å². The molecule has 0 heterocycles. The fraction of sp³-hybridized carbons (Fsp3) is 0.625. The van der Waals surface area contributed by atoms with Crippen molar-refractivity contribution in [2.24, 2.45) is 5.92 Å². The maximum atomic E-state index is 3.37. The minimum Gasteiger partial charge on any atom is -0.374 e. The molecule has 0 fully saturated rings. The van der Waals surface area contributed by atoms with E-state index in [1.807, 2.05) is 0 Å². The Hall–Kier alpha value is -1.02. The zero-order chi connectivity index (χ0) is 13.5. The lowest BCUT2D eigenvalue weighted by Gasteiger charge is -2.25. The highest BCUT2D eigenvalue weighted by atomic mass is 15.1. The highest BCUT2D eigenvalue weighted by molar-refractivity contribution is 5.53. The third-order valence-electron chi connectivity index (χ3n) is 3.53. The van der Waals surface area contributed by atoms with Crippen LogP contribution in [0, 0.1) is 12.8 Å². The quantitative estimate of drug-likeness (QED) is 0.793. The van der Waals surface area contributed by atoms with Gasteiger partial charge >= 0.3 is 0 Å². The lowest BCUT2D eigenvalue weighted by molar-refractivity contribution is 0.559. The normalized spacial score (nSPS) is 12.5. The van der Waals surface area contributed by atoms with E-state index in [2.05, 4.69) is 63.2 Å². The zero-order valence-electron chi connectivity index (χ0n) is 12.6. The fourth-order valence-corrected chi connectivity index (χ4v) is 2.22. The van der Waals surface area contributed by atoms with Crippen LogP contribution in [0.1, 0.15) is 38.3 Å². The number of rotatable bonds is 7. The van der Waals surface area contributed by atoms with Crippen LogP contribution in [0.25, 0.3) is 0 Å². The Morgan fingerprint density at radius 2 is 2.00 bits per heavy atom. The molecule has 0 aliphatic heterocycles. The van der Waals surface area contributed by atoms with Gasteiger partial charge in [0.25, 0.3) is 0 Å². The summed E-state index contributed by atoms with van der Waals surface area (Å²) >= 11 is 0. The van der Waals surface area contributed by atoms with Crippen molar-refractivity contribution in [3.8, 4) is 0 Å². The average molecular weight is 248 g/mol. The third kappa shape index (κ3) is 4.34. The van der Waals surface area contributed by atoms with Gasteiger partial charge in [0.05, 0.1) is 0 Å². The Kier molecular flexibility index (Phi) is 6.20. The molecule has 0 aliphatic carbocycles. The first-order chi connectivity index (χ1) is 8.58. The van der Waals surface area contributed by atoms with Crippen molar-refractivity contribution in [1.29, 1.82) is 0 Å². The molecule has 0 bridgehead atoms. The smallest absolute Gasteiger partial charge is 0.0393 e. The van der Waals surface area contributed by atoms with Gasteiger partial charge in [0, 0.05) is 25.8 Å². The van der Waals surface area contributed by atoms with Gasteiger partial charge < -0.3 is 10.2 Å². The molecule has 1 unspecified atom stereocenters. The predicted molar refractivity (Wildman–Crippen MR) is 81.3 cm³/mol. The molecule has 1 rings (SSSR count). The van der Waals surface area contributed by atoms with Crippen molar-refractivity contribution >= 4 is 5.69 Å². The summed E-state index contributed by atoms with van der Waals surface area (Å²) in [6.07, 6.45) is 1.24. The first-order valence-corrected chi connectivity index (χ1v) is 7.09. The van der Waals surface area contributed by atoms with E-state index in [1.165, 1.54) is 23.2 Å². The van der Waals surface area contributed by atoms with Crippen LogP contribution in [-0.2, 0) is 6.54 Å². The van der Waals surface area contributed by atoms with E-state index in [0.717, 1.165) is 25.6 Å². The van der Waals surface area contributed by atoms with E-state index in [4.69, 9.17) is 0 Å². The summed E-state index contributed by atoms with van der Waals surface area (Å²) in [5.74, 6) is 0.746. The molecule has 102 valence electrons. The largest absolute Gasteiger partial charge is 0.374 e. The first kappa shape index (κ1) is 15.0. The van der Waals surface area contributed by atoms with Gasteiger partial charge in [-0.05, 0) is 36.6 Å². The lowest BCUT2D eigenvalue weighted by Crippen LogP contribution is -2.24. The SMILES string of the molecule is CCNCc1ccc(N(C)CC(C)CC)c(C)c1. The summed E-state index contributed by atoms with van der Waals surface area (Å²) in [6, 6.07) is 6.79. The maximum absolute atomic E-state index is 3.37. The number of nitrogens with one attached hydrogen (secondary N) is 1. The molecule has 0 amide bonds. The summed E-state index contributed by atoms with van der Waals surface area (Å²) in [5.41, 5.74) is 4.10. The fourth-order valence-electron chi connectivity index (χ4n) is 2.22. The molecule has 0 radical (unpaired) electrons. The number of nitrogens with zero attached hydrogens (tertiary/aromatic N) is 1. The molecule has 2 nitrogen and oxygen atoms in total. The standard InChI is InChI=1S/C16H28N2/c1-6-13(3)12-18(5)16-9-8-15(10-14(16)4)11-17-7-2/h8-10,13,17H,6-7,11-12H2,1-5H3. The summed E-state index contributed by atoms with van der Waals surface area (Å²) < 4.78 is 0. The predicted octanol–water partition coefficient (Wildman–Crippen LogP) is 3.59. The molecular weight excluding hydrogens is 220 g/mol. The zero-order valence-corrected chi connectivity index (χ0v) is 12.6. The minimum atomic E-state index is 0.746. The topological polar surface area (TPSA) is 15.3 Å². The van der Waals surface area contributed by atoms with E-state index < -0.39 is 0 Å². The Bertz CT molecular complexity index is 360. The molecule has 1 aromatic rings. The third-order valence-corrected chi connectivity index (χ3v) is 3.53.